The summed E-state index contributed by atoms with van der Waals surface area (Å²) in [5, 5.41) is 23.4. The summed E-state index contributed by atoms with van der Waals surface area (Å²) in [5.74, 6) is 0.00576. The monoisotopic (exact) mass is 1270 g/mol. The van der Waals surface area contributed by atoms with Crippen molar-refractivity contribution in [2.75, 3.05) is 13.2 Å². The average Bonchev–Trinajstić information content (AvgIpc) is 3.69. The minimum absolute atomic E-state index is 0.0236. The number of carbonyl (C=O) groups excluding carboxylic acids is 2. The fourth-order valence-corrected chi connectivity index (χ4v) is 14.0. The second kappa shape index (κ2) is 80.3. The van der Waals surface area contributed by atoms with Crippen LogP contribution < -0.4 is 5.32 Å². The fraction of sp³-hybridized carbons (Fsp3) is 0.976. The summed E-state index contributed by atoms with van der Waals surface area (Å²) < 4.78 is 5.52. The van der Waals surface area contributed by atoms with E-state index in [2.05, 4.69) is 19.2 Å². The van der Waals surface area contributed by atoms with E-state index in [1.807, 2.05) is 0 Å². The van der Waals surface area contributed by atoms with Crippen LogP contribution in [-0.4, -0.2) is 47.4 Å². The number of hydrogen-bond acceptors (Lipinski definition) is 5. The summed E-state index contributed by atoms with van der Waals surface area (Å²) in [6.45, 7) is 5.03. The second-order valence-electron chi connectivity index (χ2n) is 29.5. The lowest BCUT2D eigenvalue weighted by molar-refractivity contribution is -0.143. The Morgan fingerprint density at radius 1 is 0.267 bits per heavy atom. The molecule has 0 bridgehead atoms. The molecule has 0 aromatic rings. The van der Waals surface area contributed by atoms with Gasteiger partial charge in [0.1, 0.15) is 0 Å². The fourth-order valence-electron chi connectivity index (χ4n) is 14.0. The number of amides is 1. The summed E-state index contributed by atoms with van der Waals surface area (Å²) in [6.07, 6.45) is 101. The van der Waals surface area contributed by atoms with Crippen LogP contribution in [0.5, 0.6) is 0 Å². The molecular weight excluding hydrogens is 1100 g/mol. The van der Waals surface area contributed by atoms with E-state index < -0.39 is 12.1 Å². The molecule has 538 valence electrons. The van der Waals surface area contributed by atoms with Gasteiger partial charge in [-0.25, -0.2) is 0 Å². The zero-order chi connectivity index (χ0) is 64.9. The van der Waals surface area contributed by atoms with Crippen molar-refractivity contribution in [3.63, 3.8) is 0 Å². The van der Waals surface area contributed by atoms with Gasteiger partial charge in [0, 0.05) is 12.8 Å². The van der Waals surface area contributed by atoms with E-state index in [0.717, 1.165) is 38.5 Å². The van der Waals surface area contributed by atoms with Crippen LogP contribution in [0.3, 0.4) is 0 Å². The quantitative estimate of drug-likeness (QED) is 0.0417. The molecule has 0 aromatic heterocycles. The Morgan fingerprint density at radius 3 is 0.678 bits per heavy atom. The molecule has 0 rings (SSSR count). The van der Waals surface area contributed by atoms with E-state index in [1.165, 1.54) is 430 Å². The molecular formula is C84H167NO5. The van der Waals surface area contributed by atoms with Crippen LogP contribution in [0.1, 0.15) is 502 Å². The molecule has 0 fully saturated rings. The Morgan fingerprint density at radius 2 is 0.456 bits per heavy atom. The van der Waals surface area contributed by atoms with Crippen LogP contribution in [0.25, 0.3) is 0 Å². The standard InChI is InChI=1S/C84H167NO5/c1-3-5-7-9-11-13-15-17-19-21-44-48-52-56-60-64-68-72-76-82(87)81(80-86)85-83(88)77-73-69-65-61-57-53-49-45-42-40-38-36-34-32-30-28-26-24-23-25-27-29-31-33-35-37-39-41-43-47-51-55-59-63-67-71-75-79-90-84(89)78-74-70-66-62-58-54-50-46-22-20-18-16-14-12-10-8-6-4-2/h81-82,86-87H,3-80H2,1-2H3,(H,85,88). The average molecular weight is 1270 g/mol. The third kappa shape index (κ3) is 75.9. The third-order valence-corrected chi connectivity index (χ3v) is 20.4. The van der Waals surface area contributed by atoms with E-state index in [-0.39, 0.29) is 18.5 Å². The normalized spacial score (nSPS) is 12.4. The van der Waals surface area contributed by atoms with Crippen molar-refractivity contribution in [3.8, 4) is 0 Å². The van der Waals surface area contributed by atoms with Crippen molar-refractivity contribution in [1.29, 1.82) is 0 Å². The van der Waals surface area contributed by atoms with Crippen molar-refractivity contribution in [3.05, 3.63) is 0 Å². The number of aliphatic hydroxyl groups is 2. The van der Waals surface area contributed by atoms with E-state index >= 15 is 0 Å². The van der Waals surface area contributed by atoms with E-state index in [9.17, 15) is 19.8 Å². The highest BCUT2D eigenvalue weighted by molar-refractivity contribution is 5.76. The van der Waals surface area contributed by atoms with Gasteiger partial charge in [0.25, 0.3) is 0 Å². The summed E-state index contributed by atoms with van der Waals surface area (Å²) in [5.41, 5.74) is 0. The topological polar surface area (TPSA) is 95.9 Å². The Balaban J connectivity index is 3.28. The first kappa shape index (κ1) is 88.9. The summed E-state index contributed by atoms with van der Waals surface area (Å²) in [4.78, 5) is 24.7. The van der Waals surface area contributed by atoms with E-state index in [0.29, 0.717) is 25.9 Å². The molecule has 3 N–H and O–H groups in total. The second-order valence-corrected chi connectivity index (χ2v) is 29.5. The maximum absolute atomic E-state index is 12.6. The number of esters is 1. The van der Waals surface area contributed by atoms with Gasteiger partial charge >= 0.3 is 5.97 Å². The zero-order valence-corrected chi connectivity index (χ0v) is 61.9. The van der Waals surface area contributed by atoms with Crippen molar-refractivity contribution in [1.82, 2.24) is 5.32 Å². The predicted molar refractivity (Wildman–Crippen MR) is 398 cm³/mol. The smallest absolute Gasteiger partial charge is 0.305 e. The number of rotatable bonds is 81. The molecule has 6 nitrogen and oxygen atoms in total. The van der Waals surface area contributed by atoms with Crippen molar-refractivity contribution in [2.24, 2.45) is 0 Å². The molecule has 90 heavy (non-hydrogen) atoms. The highest BCUT2D eigenvalue weighted by Crippen LogP contribution is 2.21. The van der Waals surface area contributed by atoms with Gasteiger partial charge in [-0.15, -0.1) is 0 Å². The molecule has 0 aliphatic carbocycles. The molecule has 0 spiro atoms. The van der Waals surface area contributed by atoms with Crippen LogP contribution in [0, 0.1) is 0 Å². The molecule has 0 heterocycles. The number of hydrogen-bond donors (Lipinski definition) is 3. The maximum Gasteiger partial charge on any atom is 0.305 e. The molecule has 0 saturated carbocycles. The lowest BCUT2D eigenvalue weighted by Crippen LogP contribution is -2.45. The van der Waals surface area contributed by atoms with Crippen molar-refractivity contribution >= 4 is 11.9 Å². The summed E-state index contributed by atoms with van der Waals surface area (Å²) in [6, 6.07) is -0.536. The number of unbranched alkanes of at least 4 members (excludes halogenated alkanes) is 70. The third-order valence-electron chi connectivity index (χ3n) is 20.4. The number of carbonyl (C=O) groups is 2. The number of aliphatic hydroxyl groups excluding tert-OH is 2. The van der Waals surface area contributed by atoms with Crippen LogP contribution in [0.4, 0.5) is 0 Å². The molecule has 0 aliphatic rings. The molecule has 0 saturated heterocycles. The van der Waals surface area contributed by atoms with Crippen LogP contribution in [0.15, 0.2) is 0 Å². The first-order chi connectivity index (χ1) is 44.5. The van der Waals surface area contributed by atoms with Crippen LogP contribution in [-0.2, 0) is 14.3 Å². The van der Waals surface area contributed by atoms with Crippen LogP contribution in [0.2, 0.25) is 0 Å². The number of ether oxygens (including phenoxy) is 1. The lowest BCUT2D eigenvalue weighted by atomic mass is 10.0. The van der Waals surface area contributed by atoms with Crippen LogP contribution >= 0.6 is 0 Å². The summed E-state index contributed by atoms with van der Waals surface area (Å²) in [7, 11) is 0. The highest BCUT2D eigenvalue weighted by atomic mass is 16.5. The van der Waals surface area contributed by atoms with Crippen molar-refractivity contribution < 1.29 is 24.5 Å². The van der Waals surface area contributed by atoms with Gasteiger partial charge < -0.3 is 20.3 Å². The molecule has 0 radical (unpaired) electrons. The van der Waals surface area contributed by atoms with Gasteiger partial charge in [0.05, 0.1) is 25.4 Å². The van der Waals surface area contributed by atoms with E-state index in [4.69, 9.17) is 4.74 Å². The van der Waals surface area contributed by atoms with Crippen molar-refractivity contribution in [2.45, 2.75) is 514 Å². The molecule has 0 aromatic carbocycles. The largest absolute Gasteiger partial charge is 0.466 e. The maximum atomic E-state index is 12.6. The molecule has 0 aliphatic heterocycles. The molecule has 1 amide bonds. The zero-order valence-electron chi connectivity index (χ0n) is 61.9. The molecule has 2 atom stereocenters. The minimum Gasteiger partial charge on any atom is -0.466 e. The lowest BCUT2D eigenvalue weighted by Gasteiger charge is -2.22. The highest BCUT2D eigenvalue weighted by Gasteiger charge is 2.20. The van der Waals surface area contributed by atoms with Gasteiger partial charge in [-0.05, 0) is 25.7 Å². The van der Waals surface area contributed by atoms with Gasteiger partial charge in [0.15, 0.2) is 0 Å². The summed E-state index contributed by atoms with van der Waals surface area (Å²) >= 11 is 0. The van der Waals surface area contributed by atoms with Gasteiger partial charge in [-0.3, -0.25) is 9.59 Å². The Labute approximate surface area is 566 Å². The molecule has 6 heteroatoms. The van der Waals surface area contributed by atoms with Gasteiger partial charge in [-0.1, -0.05) is 463 Å². The van der Waals surface area contributed by atoms with Gasteiger partial charge in [0.2, 0.25) is 5.91 Å². The predicted octanol–water partition coefficient (Wildman–Crippen LogP) is 28.1. The Kier molecular flexibility index (Phi) is 79.3. The minimum atomic E-state index is -0.660. The van der Waals surface area contributed by atoms with Gasteiger partial charge in [-0.2, -0.15) is 0 Å². The number of nitrogens with one attached hydrogen (secondary N) is 1. The first-order valence-electron chi connectivity index (χ1n) is 42.3. The van der Waals surface area contributed by atoms with E-state index in [1.54, 1.807) is 0 Å². The SMILES string of the molecule is CCCCCCCCCCCCCCCCCCCCC(=O)OCCCCCCCCCCCCCCCCCCCCCCCCCCCCCCCCCCCCCCCC(=O)NC(CO)C(O)CCCCCCCCCCCCCCCCCCCC. The molecule has 2 unspecified atom stereocenters. The first-order valence-corrected chi connectivity index (χ1v) is 42.3. The Bertz CT molecular complexity index is 1320. The Hall–Kier alpha value is -1.14.